The summed E-state index contributed by atoms with van der Waals surface area (Å²) in [6, 6.07) is 48.9. The molecule has 1 heterocycles. The highest BCUT2D eigenvalue weighted by Crippen LogP contribution is 2.34. The average molecular weight is 677 g/mol. The molecule has 6 aromatic rings. The number of ether oxygens (including phenoxy) is 1. The lowest BCUT2D eigenvalue weighted by molar-refractivity contribution is 0.491. The van der Waals surface area contributed by atoms with E-state index in [1.165, 1.54) is 33.0 Å². The molecule has 8 rings (SSSR count). The van der Waals surface area contributed by atoms with Crippen molar-refractivity contribution in [2.75, 3.05) is 0 Å². The fourth-order valence-electron chi connectivity index (χ4n) is 6.98. The van der Waals surface area contributed by atoms with Gasteiger partial charge in [-0.25, -0.2) is 0 Å². The van der Waals surface area contributed by atoms with E-state index in [-0.39, 0.29) is 29.7 Å². The van der Waals surface area contributed by atoms with Crippen LogP contribution in [0, 0.1) is 16.7 Å². The molecular weight excluding hydrogens is 637 g/mol. The van der Waals surface area contributed by atoms with Gasteiger partial charge in [-0.05, 0) is 74.3 Å². The maximum atomic E-state index is 8.33. The van der Waals surface area contributed by atoms with Crippen molar-refractivity contribution in [1.29, 1.82) is 10.8 Å². The van der Waals surface area contributed by atoms with Gasteiger partial charge in [0, 0.05) is 28.7 Å². The fraction of sp³-hybridized carbons (Fsp3) is 0.128. The number of nitrogens with zero attached hydrogens (tertiary/aromatic N) is 1. The molecule has 3 N–H and O–H groups in total. The predicted molar refractivity (Wildman–Crippen MR) is 215 cm³/mol. The molecule has 1 aliphatic carbocycles. The van der Waals surface area contributed by atoms with Gasteiger partial charge in [0.25, 0.3) is 0 Å². The molecular formula is C47H40N4O. The number of nitrogens with one attached hydrogen (secondary N) is 3. The van der Waals surface area contributed by atoms with Gasteiger partial charge in [0.05, 0.1) is 6.04 Å². The van der Waals surface area contributed by atoms with Crippen LogP contribution < -0.4 is 5.32 Å². The zero-order valence-electron chi connectivity index (χ0n) is 29.3. The molecule has 6 aromatic carbocycles. The molecule has 2 aliphatic rings. The zero-order chi connectivity index (χ0) is 35.6. The average Bonchev–Trinajstić information content (AvgIpc) is 3.20. The second-order valence-corrected chi connectivity index (χ2v) is 13.8. The first-order valence-corrected chi connectivity index (χ1v) is 17.9. The number of benzene rings is 6. The van der Waals surface area contributed by atoms with Crippen LogP contribution in [0.4, 0.5) is 0 Å². The van der Waals surface area contributed by atoms with Crippen molar-refractivity contribution < 1.29 is 4.74 Å². The molecule has 0 bridgehead atoms. The van der Waals surface area contributed by atoms with Gasteiger partial charge in [-0.15, -0.1) is 0 Å². The van der Waals surface area contributed by atoms with Crippen molar-refractivity contribution in [2.24, 2.45) is 10.9 Å². The third-order valence-corrected chi connectivity index (χ3v) is 9.99. The van der Waals surface area contributed by atoms with Gasteiger partial charge in [-0.1, -0.05) is 153 Å². The Kier molecular flexibility index (Phi) is 8.92. The highest BCUT2D eigenvalue weighted by molar-refractivity contribution is 6.05. The normalized spacial score (nSPS) is 16.4. The quantitative estimate of drug-likeness (QED) is 0.116. The van der Waals surface area contributed by atoms with Crippen molar-refractivity contribution in [3.8, 4) is 11.1 Å². The second kappa shape index (κ2) is 14.1. The Morgan fingerprint density at radius 3 is 2.23 bits per heavy atom. The number of rotatable bonds is 7. The number of hydrogen-bond acceptors (Lipinski definition) is 5. The van der Waals surface area contributed by atoms with Crippen LogP contribution in [0.3, 0.4) is 0 Å². The molecule has 0 saturated carbocycles. The maximum absolute atomic E-state index is 8.33. The Morgan fingerprint density at radius 2 is 1.44 bits per heavy atom. The molecule has 5 nitrogen and oxygen atoms in total. The molecule has 2 atom stereocenters. The SMILES string of the molecule is CC(C)C(=N)OC(=N)c1ccc2c(c1)C=CC(c1ccc(C3=CC(c4ccc(-c5cccc6ccccc56)cc4)N=C(c4ccccc4)N3)cc1)C2. The minimum absolute atomic E-state index is 0.0128. The van der Waals surface area contributed by atoms with E-state index in [1.54, 1.807) is 0 Å². The summed E-state index contributed by atoms with van der Waals surface area (Å²) in [5, 5.41) is 22.4. The monoisotopic (exact) mass is 676 g/mol. The van der Waals surface area contributed by atoms with Gasteiger partial charge in [0.15, 0.2) is 5.90 Å². The molecule has 254 valence electrons. The van der Waals surface area contributed by atoms with Crippen LogP contribution in [-0.4, -0.2) is 17.6 Å². The van der Waals surface area contributed by atoms with Crippen molar-refractivity contribution >= 4 is 40.2 Å². The third kappa shape index (κ3) is 6.73. The summed E-state index contributed by atoms with van der Waals surface area (Å²) < 4.78 is 5.46. The molecule has 0 amide bonds. The van der Waals surface area contributed by atoms with Crippen LogP contribution in [0.25, 0.3) is 33.7 Å². The Morgan fingerprint density at radius 1 is 0.731 bits per heavy atom. The molecule has 52 heavy (non-hydrogen) atoms. The van der Waals surface area contributed by atoms with E-state index in [9.17, 15) is 0 Å². The summed E-state index contributed by atoms with van der Waals surface area (Å²) in [7, 11) is 0. The largest absolute Gasteiger partial charge is 0.425 e. The summed E-state index contributed by atoms with van der Waals surface area (Å²) in [6.07, 6.45) is 7.50. The smallest absolute Gasteiger partial charge is 0.220 e. The lowest BCUT2D eigenvalue weighted by Crippen LogP contribution is -2.27. The topological polar surface area (TPSA) is 81.3 Å². The van der Waals surface area contributed by atoms with Crippen molar-refractivity contribution in [2.45, 2.75) is 32.2 Å². The molecule has 1 aliphatic heterocycles. The third-order valence-electron chi connectivity index (χ3n) is 9.99. The molecule has 0 spiro atoms. The molecule has 2 unspecified atom stereocenters. The molecule has 5 heteroatoms. The number of amidine groups is 1. The van der Waals surface area contributed by atoms with Gasteiger partial charge in [0.1, 0.15) is 5.84 Å². The second-order valence-electron chi connectivity index (χ2n) is 13.8. The van der Waals surface area contributed by atoms with Gasteiger partial charge < -0.3 is 10.1 Å². The number of allylic oxidation sites excluding steroid dienone is 1. The van der Waals surface area contributed by atoms with E-state index in [4.69, 9.17) is 20.5 Å². The number of fused-ring (bicyclic) bond motifs is 2. The summed E-state index contributed by atoms with van der Waals surface area (Å²) in [4.78, 5) is 5.19. The number of aliphatic imine (C=N–C) groups is 1. The summed E-state index contributed by atoms with van der Waals surface area (Å²) in [5.74, 6) is 1.16. The maximum Gasteiger partial charge on any atom is 0.220 e. The van der Waals surface area contributed by atoms with Gasteiger partial charge >= 0.3 is 0 Å². The van der Waals surface area contributed by atoms with Crippen LogP contribution in [0.2, 0.25) is 0 Å². The first-order valence-electron chi connectivity index (χ1n) is 17.9. The zero-order valence-corrected chi connectivity index (χ0v) is 29.3. The Hall–Kier alpha value is -6.33. The van der Waals surface area contributed by atoms with Gasteiger partial charge in [0.2, 0.25) is 5.90 Å². The predicted octanol–water partition coefficient (Wildman–Crippen LogP) is 11.0. The van der Waals surface area contributed by atoms with Crippen LogP contribution in [0.15, 0.2) is 157 Å². The highest BCUT2D eigenvalue weighted by Gasteiger charge is 2.21. The van der Waals surface area contributed by atoms with Crippen LogP contribution in [0.1, 0.15) is 64.8 Å². The summed E-state index contributed by atoms with van der Waals surface area (Å²) in [5.41, 5.74) is 11.0. The first-order chi connectivity index (χ1) is 25.4. The van der Waals surface area contributed by atoms with Gasteiger partial charge in [-0.3, -0.25) is 15.8 Å². The Labute approximate surface area is 305 Å². The lowest BCUT2D eigenvalue weighted by Gasteiger charge is -2.24. The molecule has 0 aromatic heterocycles. The molecule has 0 radical (unpaired) electrons. The van der Waals surface area contributed by atoms with Gasteiger partial charge in [-0.2, -0.15) is 0 Å². The number of hydrogen-bond donors (Lipinski definition) is 3. The summed E-state index contributed by atoms with van der Waals surface area (Å²) in [6.45, 7) is 3.78. The van der Waals surface area contributed by atoms with E-state index in [0.717, 1.165) is 40.2 Å². The standard InChI is InChI=1S/C47H40N4O/c1-30(2)45(48)52-46(49)40-26-25-38-27-37(23-24-39(38)28-40)31-15-19-34(20-16-31)43-29-44(51-47(50-43)36-10-4-3-5-11-36)35-21-17-33(18-22-35)42-14-8-12-32-9-6-7-13-41(32)42/h3-26,28-30,37,44,48-49H,27H2,1-2H3,(H,50,51). The van der Waals surface area contributed by atoms with Crippen molar-refractivity contribution in [1.82, 2.24) is 5.32 Å². The van der Waals surface area contributed by atoms with Crippen molar-refractivity contribution in [3.05, 3.63) is 191 Å². The van der Waals surface area contributed by atoms with Crippen LogP contribution >= 0.6 is 0 Å². The van der Waals surface area contributed by atoms with E-state index < -0.39 is 0 Å². The molecule has 0 saturated heterocycles. The van der Waals surface area contributed by atoms with E-state index in [0.29, 0.717) is 5.56 Å². The Balaban J connectivity index is 1.04. The Bertz CT molecular complexity index is 2380. The van der Waals surface area contributed by atoms with Crippen molar-refractivity contribution in [3.63, 3.8) is 0 Å². The first kappa shape index (κ1) is 32.9. The highest BCUT2D eigenvalue weighted by atomic mass is 16.5. The van der Waals surface area contributed by atoms with E-state index in [2.05, 4.69) is 133 Å². The lowest BCUT2D eigenvalue weighted by atomic mass is 9.84. The van der Waals surface area contributed by atoms with E-state index >= 15 is 0 Å². The van der Waals surface area contributed by atoms with E-state index in [1.807, 2.05) is 44.2 Å². The fourth-order valence-corrected chi connectivity index (χ4v) is 6.98. The summed E-state index contributed by atoms with van der Waals surface area (Å²) >= 11 is 0. The molecule has 0 fully saturated rings. The minimum atomic E-state index is -0.141. The van der Waals surface area contributed by atoms with Crippen LogP contribution in [0.5, 0.6) is 0 Å². The van der Waals surface area contributed by atoms with Crippen LogP contribution in [-0.2, 0) is 11.2 Å². The minimum Gasteiger partial charge on any atom is -0.425 e.